The summed E-state index contributed by atoms with van der Waals surface area (Å²) in [5.74, 6) is 0.684. The molecule has 0 N–H and O–H groups in total. The van der Waals surface area contributed by atoms with E-state index in [0.717, 1.165) is 24.1 Å². The fourth-order valence-corrected chi connectivity index (χ4v) is 2.03. The molecule has 1 aliphatic rings. The van der Waals surface area contributed by atoms with Gasteiger partial charge in [0, 0.05) is 7.05 Å². The first-order valence-corrected chi connectivity index (χ1v) is 4.82. The van der Waals surface area contributed by atoms with Crippen LogP contribution in [0.15, 0.2) is 4.99 Å². The summed E-state index contributed by atoms with van der Waals surface area (Å²) < 4.78 is 6.95. The number of aryl methyl sites for hydroxylation is 2. The fourth-order valence-electron chi connectivity index (χ4n) is 2.03. The maximum absolute atomic E-state index is 10.4. The molecule has 0 aliphatic heterocycles. The highest BCUT2D eigenvalue weighted by atomic mass is 16.5. The molecule has 0 saturated heterocycles. The fraction of sp³-hybridized carbons (Fsp3) is 0.600. The van der Waals surface area contributed by atoms with Gasteiger partial charge in [-0.25, -0.2) is 9.48 Å². The number of rotatable bonds is 3. The molecule has 1 fully saturated rings. The molecular formula is C10H13N3O2. The summed E-state index contributed by atoms with van der Waals surface area (Å²) in [6.07, 6.45) is 3.37. The Morgan fingerprint density at radius 2 is 2.27 bits per heavy atom. The van der Waals surface area contributed by atoms with Crippen LogP contribution in [0.25, 0.3) is 0 Å². The zero-order valence-corrected chi connectivity index (χ0v) is 9.07. The van der Waals surface area contributed by atoms with Gasteiger partial charge < -0.3 is 4.74 Å². The molecule has 0 bridgehead atoms. The molecule has 5 heteroatoms. The Balaban J connectivity index is 2.56. The maximum Gasteiger partial charge on any atom is 0.235 e. The van der Waals surface area contributed by atoms with Gasteiger partial charge in [-0.15, -0.1) is 0 Å². The van der Waals surface area contributed by atoms with Crippen LogP contribution in [0.1, 0.15) is 24.1 Å². The van der Waals surface area contributed by atoms with Crippen molar-refractivity contribution < 1.29 is 9.53 Å². The minimum absolute atomic E-state index is 0.411. The molecule has 0 amide bonds. The van der Waals surface area contributed by atoms with Gasteiger partial charge in [-0.05, 0) is 19.8 Å². The molecular weight excluding hydrogens is 194 g/mol. The first-order chi connectivity index (χ1) is 7.14. The second-order valence-corrected chi connectivity index (χ2v) is 3.83. The van der Waals surface area contributed by atoms with Crippen LogP contribution in [0.5, 0.6) is 5.88 Å². The smallest absolute Gasteiger partial charge is 0.235 e. The van der Waals surface area contributed by atoms with Crippen LogP contribution in [-0.2, 0) is 17.4 Å². The quantitative estimate of drug-likeness (QED) is 0.550. The molecule has 1 aromatic rings. The summed E-state index contributed by atoms with van der Waals surface area (Å²) in [6.45, 7) is 1.90. The molecule has 0 spiro atoms. The second kappa shape index (κ2) is 3.21. The third-order valence-corrected chi connectivity index (χ3v) is 2.81. The topological polar surface area (TPSA) is 56.5 Å². The van der Waals surface area contributed by atoms with E-state index in [9.17, 15) is 4.79 Å². The van der Waals surface area contributed by atoms with E-state index in [1.54, 1.807) is 17.9 Å². The van der Waals surface area contributed by atoms with Crippen LogP contribution >= 0.6 is 0 Å². The van der Waals surface area contributed by atoms with Crippen molar-refractivity contribution in [1.29, 1.82) is 0 Å². The molecule has 1 saturated carbocycles. The van der Waals surface area contributed by atoms with Crippen LogP contribution in [0.2, 0.25) is 0 Å². The average molecular weight is 207 g/mol. The Labute approximate surface area is 87.8 Å². The van der Waals surface area contributed by atoms with Crippen LogP contribution in [0.4, 0.5) is 0 Å². The Kier molecular flexibility index (Phi) is 2.12. The van der Waals surface area contributed by atoms with Gasteiger partial charge in [-0.2, -0.15) is 10.1 Å². The number of aliphatic imine (C=N–C) groups is 1. The molecule has 1 aromatic heterocycles. The van der Waals surface area contributed by atoms with E-state index >= 15 is 0 Å². The lowest BCUT2D eigenvalue weighted by atomic mass is 10.1. The van der Waals surface area contributed by atoms with E-state index in [1.807, 2.05) is 14.0 Å². The van der Waals surface area contributed by atoms with Crippen LogP contribution < -0.4 is 4.74 Å². The molecule has 0 radical (unpaired) electrons. The van der Waals surface area contributed by atoms with E-state index in [0.29, 0.717) is 5.88 Å². The molecule has 5 nitrogen and oxygen atoms in total. The third kappa shape index (κ3) is 1.36. The molecule has 80 valence electrons. The van der Waals surface area contributed by atoms with Gasteiger partial charge in [0.25, 0.3) is 0 Å². The van der Waals surface area contributed by atoms with Crippen molar-refractivity contribution in [2.75, 3.05) is 7.11 Å². The van der Waals surface area contributed by atoms with E-state index in [1.165, 1.54) is 0 Å². The lowest BCUT2D eigenvalue weighted by Crippen LogP contribution is -2.06. The first kappa shape index (κ1) is 9.93. The van der Waals surface area contributed by atoms with Crippen LogP contribution in [-0.4, -0.2) is 23.0 Å². The summed E-state index contributed by atoms with van der Waals surface area (Å²) in [5, 5.41) is 4.27. The van der Waals surface area contributed by atoms with Crippen molar-refractivity contribution in [1.82, 2.24) is 9.78 Å². The van der Waals surface area contributed by atoms with Gasteiger partial charge >= 0.3 is 0 Å². The van der Waals surface area contributed by atoms with Gasteiger partial charge in [0.05, 0.1) is 18.4 Å². The van der Waals surface area contributed by atoms with E-state index < -0.39 is 5.54 Å². The minimum Gasteiger partial charge on any atom is -0.481 e. The number of methoxy groups -OCH3 is 1. The van der Waals surface area contributed by atoms with E-state index in [2.05, 4.69) is 10.1 Å². The highest BCUT2D eigenvalue weighted by Crippen LogP contribution is 2.53. The SMILES string of the molecule is COc1c(C2(N=C=O)CC2)c(C)nn1C. The number of aromatic nitrogens is 2. The predicted molar refractivity (Wildman–Crippen MR) is 53.5 cm³/mol. The first-order valence-electron chi connectivity index (χ1n) is 4.82. The van der Waals surface area contributed by atoms with Crippen molar-refractivity contribution >= 4 is 6.08 Å². The number of ether oxygens (including phenoxy) is 1. The monoisotopic (exact) mass is 207 g/mol. The van der Waals surface area contributed by atoms with E-state index in [4.69, 9.17) is 4.74 Å². The third-order valence-electron chi connectivity index (χ3n) is 2.81. The van der Waals surface area contributed by atoms with Gasteiger partial charge in [-0.3, -0.25) is 0 Å². The van der Waals surface area contributed by atoms with Crippen molar-refractivity contribution in [3.8, 4) is 5.88 Å². The number of carbonyl (C=O) groups excluding carboxylic acids is 1. The number of isocyanates is 1. The van der Waals surface area contributed by atoms with E-state index in [-0.39, 0.29) is 0 Å². The summed E-state index contributed by atoms with van der Waals surface area (Å²) in [7, 11) is 3.41. The molecule has 15 heavy (non-hydrogen) atoms. The zero-order chi connectivity index (χ0) is 11.1. The van der Waals surface area contributed by atoms with Crippen molar-refractivity contribution in [3.05, 3.63) is 11.3 Å². The highest BCUT2D eigenvalue weighted by Gasteiger charge is 2.49. The summed E-state index contributed by atoms with van der Waals surface area (Å²) in [6, 6.07) is 0. The summed E-state index contributed by atoms with van der Waals surface area (Å²) in [5.41, 5.74) is 1.38. The maximum atomic E-state index is 10.4. The lowest BCUT2D eigenvalue weighted by molar-refractivity contribution is 0.365. The zero-order valence-electron chi connectivity index (χ0n) is 9.07. The normalized spacial score (nSPS) is 17.0. The van der Waals surface area contributed by atoms with Gasteiger partial charge in [-0.1, -0.05) is 0 Å². The van der Waals surface area contributed by atoms with Crippen molar-refractivity contribution in [3.63, 3.8) is 0 Å². The second-order valence-electron chi connectivity index (χ2n) is 3.83. The molecule has 0 atom stereocenters. The predicted octanol–water partition coefficient (Wildman–Crippen LogP) is 1.06. The van der Waals surface area contributed by atoms with Crippen molar-refractivity contribution in [2.45, 2.75) is 25.3 Å². The molecule has 1 heterocycles. The summed E-state index contributed by atoms with van der Waals surface area (Å²) >= 11 is 0. The van der Waals surface area contributed by atoms with Gasteiger partial charge in [0.15, 0.2) is 0 Å². The molecule has 1 aliphatic carbocycles. The Morgan fingerprint density at radius 3 is 2.73 bits per heavy atom. The Bertz CT molecular complexity index is 440. The van der Waals surface area contributed by atoms with Gasteiger partial charge in [0.2, 0.25) is 12.0 Å². The van der Waals surface area contributed by atoms with Crippen LogP contribution in [0, 0.1) is 6.92 Å². The molecule has 0 unspecified atom stereocenters. The number of hydrogen-bond donors (Lipinski definition) is 0. The largest absolute Gasteiger partial charge is 0.481 e. The average Bonchev–Trinajstić information content (AvgIpc) is 2.88. The lowest BCUT2D eigenvalue weighted by Gasteiger charge is -2.09. The molecule has 2 rings (SSSR count). The van der Waals surface area contributed by atoms with Crippen molar-refractivity contribution in [2.24, 2.45) is 12.0 Å². The van der Waals surface area contributed by atoms with Crippen LogP contribution in [0.3, 0.4) is 0 Å². The Hall–Kier alpha value is -1.61. The highest BCUT2D eigenvalue weighted by molar-refractivity contribution is 5.47. The standard InChI is InChI=1S/C10H13N3O2/c1-7-8(9(15-3)13(2)12-7)10(4-5-10)11-6-14/h4-5H2,1-3H3. The minimum atomic E-state index is -0.411. The Morgan fingerprint density at radius 1 is 1.60 bits per heavy atom. The van der Waals surface area contributed by atoms with Gasteiger partial charge in [0.1, 0.15) is 5.54 Å². The molecule has 0 aromatic carbocycles. The number of nitrogens with zero attached hydrogens (tertiary/aromatic N) is 3. The number of hydrogen-bond acceptors (Lipinski definition) is 4. The summed E-state index contributed by atoms with van der Waals surface area (Å²) in [4.78, 5) is 14.3.